The van der Waals surface area contributed by atoms with E-state index in [-0.39, 0.29) is 12.2 Å². The van der Waals surface area contributed by atoms with Crippen molar-refractivity contribution in [1.82, 2.24) is 5.32 Å². The minimum absolute atomic E-state index is 0.249. The summed E-state index contributed by atoms with van der Waals surface area (Å²) in [6.45, 7) is 1.63. The molecule has 2 N–H and O–H groups in total. The van der Waals surface area contributed by atoms with E-state index in [2.05, 4.69) is 5.32 Å². The van der Waals surface area contributed by atoms with E-state index in [4.69, 9.17) is 5.11 Å². The molecule has 13 heavy (non-hydrogen) atoms. The fourth-order valence-electron chi connectivity index (χ4n) is 0.775. The maximum Gasteiger partial charge on any atom is 0.319 e. The number of rotatable bonds is 5. The molecule has 0 aromatic rings. The average molecular weight is 207 g/mol. The Bertz CT molecular complexity index is 229. The van der Waals surface area contributed by atoms with Gasteiger partial charge in [0.25, 0.3) is 0 Å². The molecule has 2 atom stereocenters. The zero-order chi connectivity index (χ0) is 10.4. The third-order valence-corrected chi connectivity index (χ3v) is 3.23. The largest absolute Gasteiger partial charge is 0.480 e. The van der Waals surface area contributed by atoms with Crippen LogP contribution >= 0.6 is 0 Å². The first-order chi connectivity index (χ1) is 6.02. The van der Waals surface area contributed by atoms with Gasteiger partial charge in [-0.15, -0.1) is 0 Å². The predicted octanol–water partition coefficient (Wildman–Crippen LogP) is -0.656. The molecule has 0 aliphatic heterocycles. The molecule has 6 heteroatoms. The van der Waals surface area contributed by atoms with Crippen LogP contribution in [0.5, 0.6) is 0 Å². The van der Waals surface area contributed by atoms with E-state index in [1.54, 1.807) is 6.92 Å². The van der Waals surface area contributed by atoms with Crippen LogP contribution in [0.3, 0.4) is 0 Å². The number of carboxylic acids is 1. The lowest BCUT2D eigenvalue weighted by atomic mass is 10.3. The van der Waals surface area contributed by atoms with Crippen molar-refractivity contribution in [3.63, 3.8) is 0 Å². The summed E-state index contributed by atoms with van der Waals surface area (Å²) < 4.78 is 11.3. The zero-order valence-electron chi connectivity index (χ0n) is 7.57. The third-order valence-electron chi connectivity index (χ3n) is 1.52. The van der Waals surface area contributed by atoms with Crippen LogP contribution in [0.25, 0.3) is 0 Å². The number of hydrogen-bond donors (Lipinski definition) is 2. The Morgan fingerprint density at radius 3 is 2.38 bits per heavy atom. The van der Waals surface area contributed by atoms with Gasteiger partial charge in [0.15, 0.2) is 0 Å². The molecular formula is C7H13NO4S. The number of amides is 1. The smallest absolute Gasteiger partial charge is 0.319 e. The lowest BCUT2D eigenvalue weighted by molar-refractivity contribution is -0.136. The number of hydrogen-bond acceptors (Lipinski definition) is 3. The van der Waals surface area contributed by atoms with E-state index in [0.29, 0.717) is 0 Å². The molecule has 0 spiro atoms. The molecule has 1 amide bonds. The lowest BCUT2D eigenvalue weighted by Gasteiger charge is -2.08. The van der Waals surface area contributed by atoms with E-state index >= 15 is 0 Å². The SMILES string of the molecule is CCC(C(=O)O)S(=O)CC(=O)NC. The van der Waals surface area contributed by atoms with Gasteiger partial charge >= 0.3 is 5.97 Å². The summed E-state index contributed by atoms with van der Waals surface area (Å²) in [5, 5.41) is 9.95. The molecule has 0 rings (SSSR count). The lowest BCUT2D eigenvalue weighted by Crippen LogP contribution is -2.32. The van der Waals surface area contributed by atoms with Gasteiger partial charge in [-0.3, -0.25) is 13.8 Å². The van der Waals surface area contributed by atoms with Gasteiger partial charge < -0.3 is 10.4 Å². The van der Waals surface area contributed by atoms with Crippen molar-refractivity contribution in [2.75, 3.05) is 12.8 Å². The second-order valence-electron chi connectivity index (χ2n) is 2.43. The first-order valence-corrected chi connectivity index (χ1v) is 5.21. The Morgan fingerprint density at radius 2 is 2.08 bits per heavy atom. The Balaban J connectivity index is 4.22. The summed E-state index contributed by atoms with van der Waals surface area (Å²) >= 11 is 0. The standard InChI is InChI=1S/C7H13NO4S/c1-3-5(7(10)11)13(12)4-6(9)8-2/h5H,3-4H2,1-2H3,(H,8,9)(H,10,11). The average Bonchev–Trinajstić information content (AvgIpc) is 2.04. The molecule has 0 saturated heterocycles. The maximum atomic E-state index is 11.3. The molecular weight excluding hydrogens is 194 g/mol. The van der Waals surface area contributed by atoms with Crippen LogP contribution in [0.1, 0.15) is 13.3 Å². The van der Waals surface area contributed by atoms with Crippen LogP contribution in [0, 0.1) is 0 Å². The summed E-state index contributed by atoms with van der Waals surface area (Å²) in [7, 11) is -0.212. The van der Waals surface area contributed by atoms with Crippen LogP contribution in [0.2, 0.25) is 0 Å². The molecule has 0 saturated carbocycles. The molecule has 76 valence electrons. The highest BCUT2D eigenvalue weighted by atomic mass is 32.2. The summed E-state index contributed by atoms with van der Waals surface area (Å²) in [6, 6.07) is 0. The minimum atomic E-state index is -1.63. The molecule has 2 unspecified atom stereocenters. The van der Waals surface area contributed by atoms with E-state index in [0.717, 1.165) is 0 Å². The van der Waals surface area contributed by atoms with Gasteiger partial charge in [0.05, 0.1) is 0 Å². The first kappa shape index (κ1) is 12.1. The van der Waals surface area contributed by atoms with Crippen molar-refractivity contribution in [3.8, 4) is 0 Å². The Morgan fingerprint density at radius 1 is 1.54 bits per heavy atom. The zero-order valence-corrected chi connectivity index (χ0v) is 8.39. The molecule has 0 aromatic carbocycles. The van der Waals surface area contributed by atoms with E-state index in [9.17, 15) is 13.8 Å². The van der Waals surface area contributed by atoms with Crippen LogP contribution < -0.4 is 5.32 Å². The quantitative estimate of drug-likeness (QED) is 0.627. The molecule has 0 aromatic heterocycles. The fraction of sp³-hybridized carbons (Fsp3) is 0.714. The van der Waals surface area contributed by atoms with Gasteiger partial charge in [0.1, 0.15) is 11.0 Å². The summed E-state index contributed by atoms with van der Waals surface area (Å²) in [6.07, 6.45) is 0.263. The van der Waals surface area contributed by atoms with E-state index in [1.165, 1.54) is 7.05 Å². The maximum absolute atomic E-state index is 11.3. The summed E-state index contributed by atoms with van der Waals surface area (Å²) in [5.41, 5.74) is 0. The predicted molar refractivity (Wildman–Crippen MR) is 48.8 cm³/mol. The number of carboxylic acid groups (broad SMARTS) is 1. The van der Waals surface area contributed by atoms with Gasteiger partial charge in [0.2, 0.25) is 5.91 Å². The highest BCUT2D eigenvalue weighted by Crippen LogP contribution is 2.02. The minimum Gasteiger partial charge on any atom is -0.480 e. The normalized spacial score (nSPS) is 14.6. The topological polar surface area (TPSA) is 83.5 Å². The summed E-state index contributed by atoms with van der Waals surface area (Å²) in [4.78, 5) is 21.3. The fourth-order valence-corrected chi connectivity index (χ4v) is 1.98. The molecule has 5 nitrogen and oxygen atoms in total. The molecule has 0 fully saturated rings. The second-order valence-corrected chi connectivity index (χ2v) is 4.05. The Hall–Kier alpha value is -0.910. The highest BCUT2D eigenvalue weighted by Gasteiger charge is 2.23. The van der Waals surface area contributed by atoms with Crippen molar-refractivity contribution in [1.29, 1.82) is 0 Å². The van der Waals surface area contributed by atoms with Crippen LogP contribution in [-0.4, -0.2) is 39.2 Å². The van der Waals surface area contributed by atoms with Crippen molar-refractivity contribution in [3.05, 3.63) is 0 Å². The van der Waals surface area contributed by atoms with Crippen molar-refractivity contribution in [2.45, 2.75) is 18.6 Å². The van der Waals surface area contributed by atoms with Crippen molar-refractivity contribution >= 4 is 22.7 Å². The van der Waals surface area contributed by atoms with Crippen LogP contribution in [-0.2, 0) is 20.4 Å². The van der Waals surface area contributed by atoms with E-state index < -0.39 is 27.9 Å². The Labute approximate surface area is 79.0 Å². The second kappa shape index (κ2) is 5.69. The number of carbonyl (C=O) groups excluding carboxylic acids is 1. The molecule has 0 aliphatic carbocycles. The van der Waals surface area contributed by atoms with Crippen molar-refractivity contribution < 1.29 is 18.9 Å². The number of carbonyl (C=O) groups is 2. The monoisotopic (exact) mass is 207 g/mol. The van der Waals surface area contributed by atoms with Gasteiger partial charge in [-0.05, 0) is 6.42 Å². The third kappa shape index (κ3) is 4.02. The van der Waals surface area contributed by atoms with Gasteiger partial charge in [-0.25, -0.2) is 0 Å². The Kier molecular flexibility index (Phi) is 5.29. The van der Waals surface area contributed by atoms with Crippen LogP contribution in [0.4, 0.5) is 0 Å². The van der Waals surface area contributed by atoms with Gasteiger partial charge in [0, 0.05) is 17.8 Å². The first-order valence-electron chi connectivity index (χ1n) is 3.83. The molecule has 0 bridgehead atoms. The van der Waals surface area contributed by atoms with Gasteiger partial charge in [-0.1, -0.05) is 6.92 Å². The molecule has 0 aliphatic rings. The number of nitrogens with one attached hydrogen (secondary N) is 1. The van der Waals surface area contributed by atoms with Crippen LogP contribution in [0.15, 0.2) is 0 Å². The summed E-state index contributed by atoms with van der Waals surface area (Å²) in [5.74, 6) is -1.77. The number of aliphatic carboxylic acids is 1. The molecule has 0 heterocycles. The highest BCUT2D eigenvalue weighted by molar-refractivity contribution is 7.87. The van der Waals surface area contributed by atoms with E-state index in [1.807, 2.05) is 0 Å². The van der Waals surface area contributed by atoms with Gasteiger partial charge in [-0.2, -0.15) is 0 Å². The van der Waals surface area contributed by atoms with Crippen molar-refractivity contribution in [2.24, 2.45) is 0 Å². The molecule has 0 radical (unpaired) electrons.